The van der Waals surface area contributed by atoms with Gasteiger partial charge >= 0.3 is 0 Å². The van der Waals surface area contributed by atoms with Crippen molar-refractivity contribution in [1.82, 2.24) is 9.55 Å². The molecular formula is C26H22ClFN5P. The molecular weight excluding hydrogens is 468 g/mol. The van der Waals surface area contributed by atoms with Crippen LogP contribution in [0, 0.1) is 5.82 Å². The van der Waals surface area contributed by atoms with Crippen LogP contribution < -0.4 is 11.0 Å². The summed E-state index contributed by atoms with van der Waals surface area (Å²) in [4.78, 5) is 14.1. The number of benzene rings is 3. The molecule has 34 heavy (non-hydrogen) atoms. The van der Waals surface area contributed by atoms with Gasteiger partial charge < -0.3 is 10.3 Å². The Morgan fingerprint density at radius 1 is 1.15 bits per heavy atom. The van der Waals surface area contributed by atoms with Gasteiger partial charge in [-0.25, -0.2) is 14.4 Å². The molecule has 2 unspecified atom stereocenters. The first-order valence-corrected chi connectivity index (χ1v) is 13.7. The van der Waals surface area contributed by atoms with Gasteiger partial charge in [-0.2, -0.15) is 0 Å². The fraction of sp³-hybridized carbons (Fsp3) is 0.192. The molecule has 170 valence electrons. The second-order valence-corrected chi connectivity index (χ2v) is 11.5. The molecule has 0 amide bonds. The van der Waals surface area contributed by atoms with Crippen LogP contribution in [-0.4, -0.2) is 35.1 Å². The maximum atomic E-state index is 15.1. The fourth-order valence-corrected chi connectivity index (χ4v) is 6.14. The molecule has 0 fully saturated rings. The molecule has 2 bridgehead atoms. The van der Waals surface area contributed by atoms with Crippen LogP contribution in [0.4, 0.5) is 4.39 Å². The number of halogens is 2. The Morgan fingerprint density at radius 2 is 2.00 bits per heavy atom. The SMILES string of the molecule is CP(C)c1ccc(-c2ccc3nc4n(c3c2)C2CC4N=C(N=CN)c3cccc(Cl)c32)c(F)c1. The van der Waals surface area contributed by atoms with E-state index >= 15 is 4.39 Å². The molecule has 4 aromatic rings. The molecule has 3 aromatic carbocycles. The number of hydrogen-bond acceptors (Lipinski definition) is 3. The summed E-state index contributed by atoms with van der Waals surface area (Å²) in [6, 6.07) is 17.0. The molecule has 0 saturated heterocycles. The van der Waals surface area contributed by atoms with Crippen LogP contribution in [0.25, 0.3) is 22.2 Å². The number of amidine groups is 1. The molecule has 2 atom stereocenters. The number of rotatable bonds is 2. The Bertz CT molecular complexity index is 1520. The lowest BCUT2D eigenvalue weighted by atomic mass is 9.97. The van der Waals surface area contributed by atoms with Gasteiger partial charge in [0.15, 0.2) is 5.84 Å². The lowest BCUT2D eigenvalue weighted by molar-refractivity contribution is 0.606. The number of nitrogens with zero attached hydrogens (tertiary/aromatic N) is 4. The first-order valence-electron chi connectivity index (χ1n) is 11.1. The summed E-state index contributed by atoms with van der Waals surface area (Å²) in [6.45, 7) is 4.25. The standard InChI is InChI=1S/C26H22ClFN5P/c1-34(2)15-7-8-16(19(28)11-15)14-6-9-20-22(10-14)33-23-12-21(26(33)32-20)31-25(30-13-29)17-4-3-5-18(27)24(17)23/h3-11,13,21,23H,12H2,1-2H3,(H2,29,30,31). The van der Waals surface area contributed by atoms with Gasteiger partial charge in [0.2, 0.25) is 0 Å². The van der Waals surface area contributed by atoms with E-state index in [0.717, 1.165) is 45.3 Å². The van der Waals surface area contributed by atoms with Crippen molar-refractivity contribution in [1.29, 1.82) is 0 Å². The Kier molecular flexibility index (Phi) is 5.05. The molecule has 0 aliphatic carbocycles. The summed E-state index contributed by atoms with van der Waals surface area (Å²) in [5, 5.41) is 1.71. The summed E-state index contributed by atoms with van der Waals surface area (Å²) in [7, 11) is -0.358. The largest absolute Gasteiger partial charge is 0.390 e. The van der Waals surface area contributed by atoms with E-state index < -0.39 is 0 Å². The van der Waals surface area contributed by atoms with Gasteiger partial charge in [-0.1, -0.05) is 49.9 Å². The maximum Gasteiger partial charge on any atom is 0.157 e. The van der Waals surface area contributed by atoms with Crippen molar-refractivity contribution in [2.45, 2.75) is 18.5 Å². The van der Waals surface area contributed by atoms with Crippen molar-refractivity contribution in [3.05, 3.63) is 82.4 Å². The fourth-order valence-electron chi connectivity index (χ4n) is 5.10. The van der Waals surface area contributed by atoms with Gasteiger partial charge in [-0.3, -0.25) is 4.99 Å². The molecule has 5 nitrogen and oxygen atoms in total. The second-order valence-electron chi connectivity index (χ2n) is 8.80. The van der Waals surface area contributed by atoms with Crippen molar-refractivity contribution in [2.24, 2.45) is 15.7 Å². The van der Waals surface area contributed by atoms with Gasteiger partial charge in [-0.15, -0.1) is 0 Å². The normalized spacial score (nSPS) is 18.9. The van der Waals surface area contributed by atoms with E-state index in [-0.39, 0.29) is 25.8 Å². The second kappa shape index (κ2) is 8.00. The van der Waals surface area contributed by atoms with E-state index in [1.807, 2.05) is 48.5 Å². The number of aromatic nitrogens is 2. The first-order chi connectivity index (χ1) is 16.5. The van der Waals surface area contributed by atoms with Gasteiger partial charge in [0.25, 0.3) is 0 Å². The number of fused-ring (bicyclic) bond motifs is 9. The summed E-state index contributed by atoms with van der Waals surface area (Å²) < 4.78 is 17.3. The quantitative estimate of drug-likeness (QED) is 0.225. The molecule has 0 radical (unpaired) electrons. The van der Waals surface area contributed by atoms with Crippen LogP contribution >= 0.6 is 19.5 Å². The predicted octanol–water partition coefficient (Wildman–Crippen LogP) is 5.64. The molecule has 0 saturated carbocycles. The minimum atomic E-state index is -0.358. The van der Waals surface area contributed by atoms with Crippen LogP contribution in [-0.2, 0) is 0 Å². The third-order valence-electron chi connectivity index (χ3n) is 6.66. The average Bonchev–Trinajstić information content (AvgIpc) is 3.30. The lowest BCUT2D eigenvalue weighted by Gasteiger charge is -2.19. The number of hydrogen-bond donors (Lipinski definition) is 1. The number of nitrogens with two attached hydrogens (primary N) is 1. The lowest BCUT2D eigenvalue weighted by Crippen LogP contribution is -2.13. The minimum Gasteiger partial charge on any atom is -0.390 e. The van der Waals surface area contributed by atoms with Gasteiger partial charge in [0.05, 0.1) is 23.4 Å². The highest BCUT2D eigenvalue weighted by Gasteiger charge is 2.40. The molecule has 6 rings (SSSR count). The Balaban J connectivity index is 1.55. The van der Waals surface area contributed by atoms with Gasteiger partial charge in [0, 0.05) is 28.1 Å². The smallest absolute Gasteiger partial charge is 0.157 e. The first kappa shape index (κ1) is 21.5. The summed E-state index contributed by atoms with van der Waals surface area (Å²) in [5.74, 6) is 1.23. The van der Waals surface area contributed by atoms with E-state index in [1.165, 1.54) is 6.34 Å². The molecule has 3 heterocycles. The monoisotopic (exact) mass is 489 g/mol. The van der Waals surface area contributed by atoms with E-state index in [0.29, 0.717) is 16.4 Å². The van der Waals surface area contributed by atoms with Crippen molar-refractivity contribution in [3.63, 3.8) is 0 Å². The average molecular weight is 490 g/mol. The van der Waals surface area contributed by atoms with Gasteiger partial charge in [-0.05, 0) is 48.5 Å². The highest BCUT2D eigenvalue weighted by molar-refractivity contribution is 7.64. The van der Waals surface area contributed by atoms with Crippen molar-refractivity contribution in [3.8, 4) is 11.1 Å². The maximum absolute atomic E-state index is 15.1. The highest BCUT2D eigenvalue weighted by Crippen LogP contribution is 2.48. The topological polar surface area (TPSA) is 68.6 Å². The third kappa shape index (κ3) is 3.20. The van der Waals surface area contributed by atoms with Crippen LogP contribution in [0.3, 0.4) is 0 Å². The molecule has 2 aliphatic heterocycles. The van der Waals surface area contributed by atoms with E-state index in [1.54, 1.807) is 6.07 Å². The molecule has 0 spiro atoms. The Morgan fingerprint density at radius 3 is 2.76 bits per heavy atom. The zero-order valence-corrected chi connectivity index (χ0v) is 20.4. The zero-order valence-electron chi connectivity index (χ0n) is 18.7. The summed E-state index contributed by atoms with van der Waals surface area (Å²) in [6.07, 6.45) is 2.00. The van der Waals surface area contributed by atoms with E-state index in [2.05, 4.69) is 22.9 Å². The van der Waals surface area contributed by atoms with Crippen LogP contribution in [0.15, 0.2) is 64.6 Å². The highest BCUT2D eigenvalue weighted by atomic mass is 35.5. The van der Waals surface area contributed by atoms with Crippen LogP contribution in [0.2, 0.25) is 5.02 Å². The minimum absolute atomic E-state index is 0.0471. The van der Waals surface area contributed by atoms with E-state index in [4.69, 9.17) is 27.3 Å². The van der Waals surface area contributed by atoms with E-state index in [9.17, 15) is 0 Å². The van der Waals surface area contributed by atoms with Crippen molar-refractivity contribution in [2.75, 3.05) is 13.3 Å². The Labute approximate surface area is 203 Å². The molecule has 8 heteroatoms. The number of aliphatic imine (C=N–C) groups is 2. The van der Waals surface area contributed by atoms with Crippen LogP contribution in [0.5, 0.6) is 0 Å². The molecule has 2 aliphatic rings. The van der Waals surface area contributed by atoms with Gasteiger partial charge in [0.1, 0.15) is 17.7 Å². The molecule has 2 N–H and O–H groups in total. The zero-order chi connectivity index (χ0) is 23.6. The summed E-state index contributed by atoms with van der Waals surface area (Å²) in [5.41, 5.74) is 10.7. The molecule has 1 aromatic heterocycles. The predicted molar refractivity (Wildman–Crippen MR) is 140 cm³/mol. The van der Waals surface area contributed by atoms with Crippen molar-refractivity contribution < 1.29 is 4.39 Å². The van der Waals surface area contributed by atoms with Crippen LogP contribution in [0.1, 0.15) is 35.5 Å². The van der Waals surface area contributed by atoms with Crippen molar-refractivity contribution >= 4 is 48.0 Å². The summed E-state index contributed by atoms with van der Waals surface area (Å²) >= 11 is 6.73. The Hall–Kier alpha value is -3.08. The number of imidazole rings is 1. The third-order valence-corrected chi connectivity index (χ3v) is 8.30.